The quantitative estimate of drug-likeness (QED) is 0.0222. The van der Waals surface area contributed by atoms with Gasteiger partial charge in [0.15, 0.2) is 12.2 Å². The lowest BCUT2D eigenvalue weighted by atomic mass is 10.0. The Morgan fingerprint density at radius 2 is 0.506 bits per heavy atom. The molecule has 0 aromatic carbocycles. The van der Waals surface area contributed by atoms with Crippen molar-refractivity contribution in [2.45, 2.75) is 322 Å². The molecular weight excluding hydrogens is 1050 g/mol. The first-order valence-corrected chi connectivity index (χ1v) is 34.8. The highest BCUT2D eigenvalue weighted by molar-refractivity contribution is 7.47. The number of ether oxygens (including phenoxy) is 4. The maximum Gasteiger partial charge on any atom is 0.472 e. The minimum Gasteiger partial charge on any atom is -0.462 e. The van der Waals surface area contributed by atoms with Crippen molar-refractivity contribution in [2.24, 2.45) is 0 Å². The summed E-state index contributed by atoms with van der Waals surface area (Å²) in [5, 5.41) is 10.5. The summed E-state index contributed by atoms with van der Waals surface area (Å²) in [4.78, 5) is 71.8. The van der Waals surface area contributed by atoms with Gasteiger partial charge in [0.1, 0.15) is 19.3 Å². The largest absolute Gasteiger partial charge is 0.472 e. The van der Waals surface area contributed by atoms with Crippen LogP contribution in [0.15, 0.2) is 0 Å². The Kier molecular flexibility index (Phi) is 53.9. The van der Waals surface area contributed by atoms with Gasteiger partial charge >= 0.3 is 39.5 Å². The van der Waals surface area contributed by atoms with E-state index in [0.29, 0.717) is 25.7 Å². The molecule has 0 aromatic heterocycles. The fourth-order valence-corrected chi connectivity index (χ4v) is 10.5. The molecule has 0 aliphatic rings. The Morgan fingerprint density at radius 3 is 0.747 bits per heavy atom. The molecule has 0 amide bonds. The van der Waals surface area contributed by atoms with Gasteiger partial charge in [-0.1, -0.05) is 252 Å². The summed E-state index contributed by atoms with van der Waals surface area (Å²) >= 11 is 0. The SMILES string of the molecule is CCCCCCCCCCCCCCCCC(=O)O[C@H](COC(=O)CCCCCCCCCCCCC)COP(=O)(O)OC[C@@H](O)COP(=O)(O)OC[C@@H](COC(=O)CCCCCCCCC)OC(=O)CCCCCCCCC. The summed E-state index contributed by atoms with van der Waals surface area (Å²) in [6.07, 6.45) is 39.1. The van der Waals surface area contributed by atoms with Gasteiger partial charge in [-0.05, 0) is 25.7 Å². The molecular formula is C60H116O17P2. The number of carbonyl (C=O) groups is 4. The Morgan fingerprint density at radius 1 is 0.304 bits per heavy atom. The summed E-state index contributed by atoms with van der Waals surface area (Å²) in [5.74, 6) is -2.14. The van der Waals surface area contributed by atoms with E-state index in [4.69, 9.17) is 37.0 Å². The van der Waals surface area contributed by atoms with Crippen LogP contribution in [0.3, 0.4) is 0 Å². The van der Waals surface area contributed by atoms with Crippen molar-refractivity contribution in [3.05, 3.63) is 0 Å². The summed E-state index contributed by atoms with van der Waals surface area (Å²) in [5.41, 5.74) is 0. The van der Waals surface area contributed by atoms with Crippen molar-refractivity contribution >= 4 is 39.5 Å². The Bertz CT molecular complexity index is 1540. The summed E-state index contributed by atoms with van der Waals surface area (Å²) in [6, 6.07) is 0. The van der Waals surface area contributed by atoms with Crippen LogP contribution < -0.4 is 0 Å². The van der Waals surface area contributed by atoms with Crippen molar-refractivity contribution in [1.29, 1.82) is 0 Å². The molecule has 0 aliphatic heterocycles. The minimum absolute atomic E-state index is 0.104. The normalized spacial score (nSPS) is 14.3. The first-order valence-electron chi connectivity index (χ1n) is 31.8. The van der Waals surface area contributed by atoms with E-state index in [0.717, 1.165) is 116 Å². The van der Waals surface area contributed by atoms with Crippen LogP contribution in [0.25, 0.3) is 0 Å². The number of phosphoric ester groups is 2. The molecule has 0 heterocycles. The van der Waals surface area contributed by atoms with E-state index in [-0.39, 0.29) is 25.7 Å². The molecule has 0 radical (unpaired) electrons. The van der Waals surface area contributed by atoms with E-state index in [1.165, 1.54) is 109 Å². The molecule has 0 aliphatic carbocycles. The first-order chi connectivity index (χ1) is 38.2. The number of carbonyl (C=O) groups excluding carboxylic acids is 4. The number of aliphatic hydroxyl groups is 1. The topological polar surface area (TPSA) is 237 Å². The molecule has 3 N–H and O–H groups in total. The molecule has 468 valence electrons. The summed E-state index contributed by atoms with van der Waals surface area (Å²) in [6.45, 7) is 4.78. The number of hydrogen-bond donors (Lipinski definition) is 3. The molecule has 5 atom stereocenters. The van der Waals surface area contributed by atoms with Crippen molar-refractivity contribution in [1.82, 2.24) is 0 Å². The van der Waals surface area contributed by atoms with E-state index in [1.54, 1.807) is 0 Å². The van der Waals surface area contributed by atoms with Crippen LogP contribution in [0, 0.1) is 0 Å². The van der Waals surface area contributed by atoms with E-state index in [1.807, 2.05) is 0 Å². The number of hydrogen-bond acceptors (Lipinski definition) is 15. The lowest BCUT2D eigenvalue weighted by molar-refractivity contribution is -0.161. The highest BCUT2D eigenvalue weighted by Crippen LogP contribution is 2.45. The molecule has 17 nitrogen and oxygen atoms in total. The van der Waals surface area contributed by atoms with Gasteiger partial charge in [-0.3, -0.25) is 37.3 Å². The van der Waals surface area contributed by atoms with Gasteiger partial charge in [-0.2, -0.15) is 0 Å². The predicted molar refractivity (Wildman–Crippen MR) is 312 cm³/mol. The highest BCUT2D eigenvalue weighted by atomic mass is 31.2. The fraction of sp³-hybridized carbons (Fsp3) is 0.933. The van der Waals surface area contributed by atoms with Gasteiger partial charge in [0.05, 0.1) is 26.4 Å². The Labute approximate surface area is 479 Å². The smallest absolute Gasteiger partial charge is 0.462 e. The van der Waals surface area contributed by atoms with Crippen LogP contribution in [-0.4, -0.2) is 96.7 Å². The lowest BCUT2D eigenvalue weighted by Crippen LogP contribution is -2.30. The average molecular weight is 1170 g/mol. The van der Waals surface area contributed by atoms with Gasteiger partial charge in [0.2, 0.25) is 0 Å². The molecule has 79 heavy (non-hydrogen) atoms. The zero-order chi connectivity index (χ0) is 58.3. The van der Waals surface area contributed by atoms with Gasteiger partial charge < -0.3 is 33.8 Å². The van der Waals surface area contributed by atoms with Crippen molar-refractivity contribution in [3.8, 4) is 0 Å². The molecule has 0 spiro atoms. The van der Waals surface area contributed by atoms with Gasteiger partial charge in [0.25, 0.3) is 0 Å². The van der Waals surface area contributed by atoms with Crippen LogP contribution in [0.1, 0.15) is 304 Å². The third kappa shape index (κ3) is 55.0. The second-order valence-corrected chi connectivity index (χ2v) is 24.6. The Balaban J connectivity index is 5.18. The third-order valence-electron chi connectivity index (χ3n) is 13.9. The maximum atomic E-state index is 12.9. The van der Waals surface area contributed by atoms with Crippen LogP contribution in [0.2, 0.25) is 0 Å². The molecule has 0 aromatic rings. The summed E-state index contributed by atoms with van der Waals surface area (Å²) in [7, 11) is -9.87. The molecule has 0 saturated carbocycles. The zero-order valence-electron chi connectivity index (χ0n) is 50.3. The maximum absolute atomic E-state index is 12.9. The van der Waals surface area contributed by atoms with Gasteiger partial charge in [-0.15, -0.1) is 0 Å². The van der Waals surface area contributed by atoms with Crippen LogP contribution in [-0.2, 0) is 65.4 Å². The predicted octanol–water partition coefficient (Wildman–Crippen LogP) is 16.4. The molecule has 0 saturated heterocycles. The van der Waals surface area contributed by atoms with Gasteiger partial charge in [0, 0.05) is 25.7 Å². The molecule has 0 bridgehead atoms. The summed E-state index contributed by atoms with van der Waals surface area (Å²) < 4.78 is 67.6. The number of esters is 4. The van der Waals surface area contributed by atoms with E-state index in [2.05, 4.69) is 27.7 Å². The number of aliphatic hydroxyl groups excluding tert-OH is 1. The van der Waals surface area contributed by atoms with Gasteiger partial charge in [-0.25, -0.2) is 9.13 Å². The lowest BCUT2D eigenvalue weighted by Gasteiger charge is -2.21. The zero-order valence-corrected chi connectivity index (χ0v) is 52.1. The van der Waals surface area contributed by atoms with E-state index >= 15 is 0 Å². The standard InChI is InChI=1S/C60H116O17P2/c1-5-9-13-17-21-23-25-26-27-29-31-35-39-43-47-60(65)77-56(51-71-58(63)45-41-37-34-30-28-24-22-18-14-10-6-2)53-75-79(68,69)73-49-54(61)48-72-78(66,67)74-52-55(76-59(64)46-42-38-33-20-16-12-8-4)50-70-57(62)44-40-36-32-19-15-11-7-3/h54-56,61H,5-53H2,1-4H3,(H,66,67)(H,68,69)/t54-,55+,56+/m0/s1. The van der Waals surface area contributed by atoms with Crippen LogP contribution >= 0.6 is 15.6 Å². The molecule has 0 fully saturated rings. The number of unbranched alkanes of at least 4 members (excludes halogenated alkanes) is 35. The molecule has 0 rings (SSSR count). The first kappa shape index (κ1) is 77.1. The van der Waals surface area contributed by atoms with E-state index in [9.17, 15) is 43.2 Å². The second-order valence-electron chi connectivity index (χ2n) is 21.7. The third-order valence-corrected chi connectivity index (χ3v) is 15.8. The average Bonchev–Trinajstić information content (AvgIpc) is 3.42. The second kappa shape index (κ2) is 55.3. The van der Waals surface area contributed by atoms with Crippen LogP contribution in [0.4, 0.5) is 0 Å². The molecule has 19 heteroatoms. The Hall–Kier alpha value is -1.94. The number of rotatable bonds is 61. The fourth-order valence-electron chi connectivity index (χ4n) is 8.93. The highest BCUT2D eigenvalue weighted by Gasteiger charge is 2.30. The monoisotopic (exact) mass is 1170 g/mol. The van der Waals surface area contributed by atoms with Crippen molar-refractivity contribution in [3.63, 3.8) is 0 Å². The molecule has 2 unspecified atom stereocenters. The van der Waals surface area contributed by atoms with Crippen LogP contribution in [0.5, 0.6) is 0 Å². The number of phosphoric acid groups is 2. The van der Waals surface area contributed by atoms with Crippen molar-refractivity contribution < 1.29 is 80.2 Å². The van der Waals surface area contributed by atoms with Crippen molar-refractivity contribution in [2.75, 3.05) is 39.6 Å². The minimum atomic E-state index is -4.94. The van der Waals surface area contributed by atoms with E-state index < -0.39 is 97.5 Å².